The van der Waals surface area contributed by atoms with Gasteiger partial charge in [-0.15, -0.1) is 0 Å². The molecule has 3 rings (SSSR count). The number of para-hydroxylation sites is 1. The van der Waals surface area contributed by atoms with E-state index >= 15 is 0 Å². The lowest BCUT2D eigenvalue weighted by molar-refractivity contribution is -0.137. The Balaban J connectivity index is 1.83. The lowest BCUT2D eigenvalue weighted by atomic mass is 10.1. The van der Waals surface area contributed by atoms with E-state index in [1.54, 1.807) is 12.1 Å². The first kappa shape index (κ1) is 26.8. The largest absolute Gasteiger partial charge is 0.430 e. The Morgan fingerprint density at radius 2 is 1.56 bits per heavy atom. The quantitative estimate of drug-likeness (QED) is 0.274. The minimum Gasteiger partial charge on any atom is -0.395 e. The molecule has 3 aromatic rings. The minimum atomic E-state index is -4.79. The van der Waals surface area contributed by atoms with Crippen LogP contribution < -0.4 is 11.1 Å². The molecule has 0 aliphatic rings. The molecule has 0 atom stereocenters. The predicted octanol–water partition coefficient (Wildman–Crippen LogP) is 6.81. The van der Waals surface area contributed by atoms with Gasteiger partial charge in [0.1, 0.15) is 5.70 Å². The van der Waals surface area contributed by atoms with Gasteiger partial charge in [-0.05, 0) is 48.0 Å². The Kier molecular flexibility index (Phi) is 8.09. The fraction of sp³-hybridized carbons (Fsp3) is 0.120. The van der Waals surface area contributed by atoms with Gasteiger partial charge in [0.15, 0.2) is 0 Å². The summed E-state index contributed by atoms with van der Waals surface area (Å²) in [4.78, 5) is 16.7. The Hall–Kier alpha value is -3.79. The van der Waals surface area contributed by atoms with Crippen LogP contribution in [0.4, 0.5) is 32.0 Å². The molecule has 3 aromatic carbocycles. The number of nitrogens with two attached hydrogens (primary N) is 1. The van der Waals surface area contributed by atoms with Gasteiger partial charge in [0, 0.05) is 17.7 Å². The van der Waals surface area contributed by atoms with E-state index in [9.17, 15) is 31.1 Å². The van der Waals surface area contributed by atoms with Crippen LogP contribution in [0, 0.1) is 0 Å². The number of aliphatic imine (C=N–C) groups is 1. The fourth-order valence-electron chi connectivity index (χ4n) is 3.02. The zero-order valence-corrected chi connectivity index (χ0v) is 19.0. The number of hydrogen-bond acceptors (Lipinski definition) is 3. The van der Waals surface area contributed by atoms with Crippen molar-refractivity contribution in [3.63, 3.8) is 0 Å². The fourth-order valence-corrected chi connectivity index (χ4v) is 3.19. The molecule has 0 spiro atoms. The summed E-state index contributed by atoms with van der Waals surface area (Å²) in [5.41, 5.74) is 3.63. The number of amides is 1. The molecule has 0 radical (unpaired) electrons. The first-order valence-electron chi connectivity index (χ1n) is 10.3. The molecule has 0 fully saturated rings. The molecule has 11 heteroatoms. The van der Waals surface area contributed by atoms with Crippen LogP contribution in [-0.4, -0.2) is 17.8 Å². The van der Waals surface area contributed by atoms with Crippen LogP contribution in [-0.2, 0) is 12.7 Å². The first-order chi connectivity index (χ1) is 16.8. The number of nitrogens with one attached hydrogen (secondary N) is 1. The second-order valence-corrected chi connectivity index (χ2v) is 7.91. The third kappa shape index (κ3) is 7.11. The molecule has 188 valence electrons. The minimum absolute atomic E-state index is 0.135. The van der Waals surface area contributed by atoms with E-state index in [2.05, 4.69) is 10.3 Å². The summed E-state index contributed by atoms with van der Waals surface area (Å²) in [6, 6.07) is 16.2. The van der Waals surface area contributed by atoms with E-state index in [1.807, 2.05) is 0 Å². The van der Waals surface area contributed by atoms with Crippen molar-refractivity contribution in [2.45, 2.75) is 18.9 Å². The van der Waals surface area contributed by atoms with Crippen molar-refractivity contribution in [2.75, 3.05) is 0 Å². The van der Waals surface area contributed by atoms with Crippen molar-refractivity contribution in [2.24, 2.45) is 10.7 Å². The molecule has 0 aromatic heterocycles. The number of hydrogen-bond donors (Lipinski definition) is 2. The SMILES string of the molecule is NC(=CC(=Nc1ccccc1Cl)c1ccc(C(=O)NCc2cccc(C(F)(F)F)c2)cc1)C(F)(F)F. The number of alkyl halides is 6. The van der Waals surface area contributed by atoms with Crippen LogP contribution >= 0.6 is 11.6 Å². The Labute approximate surface area is 207 Å². The summed E-state index contributed by atoms with van der Waals surface area (Å²) in [5, 5.41) is 2.72. The summed E-state index contributed by atoms with van der Waals surface area (Å²) >= 11 is 6.07. The third-order valence-electron chi connectivity index (χ3n) is 4.86. The highest BCUT2D eigenvalue weighted by atomic mass is 35.5. The topological polar surface area (TPSA) is 67.5 Å². The molecule has 0 bridgehead atoms. The van der Waals surface area contributed by atoms with Crippen LogP contribution in [0.3, 0.4) is 0 Å². The van der Waals surface area contributed by atoms with Gasteiger partial charge in [-0.25, -0.2) is 4.99 Å². The van der Waals surface area contributed by atoms with Crippen molar-refractivity contribution < 1.29 is 31.1 Å². The molecule has 0 unspecified atom stereocenters. The van der Waals surface area contributed by atoms with Crippen molar-refractivity contribution in [3.8, 4) is 0 Å². The van der Waals surface area contributed by atoms with Crippen molar-refractivity contribution in [3.05, 3.63) is 112 Å². The molecular weight excluding hydrogens is 508 g/mol. The van der Waals surface area contributed by atoms with Gasteiger partial charge in [0.2, 0.25) is 0 Å². The molecule has 1 amide bonds. The zero-order valence-electron chi connectivity index (χ0n) is 18.3. The highest BCUT2D eigenvalue weighted by Crippen LogP contribution is 2.30. The van der Waals surface area contributed by atoms with Crippen molar-refractivity contribution in [1.82, 2.24) is 5.32 Å². The number of rotatable bonds is 6. The number of carbonyl (C=O) groups is 1. The number of nitrogens with zero attached hydrogens (tertiary/aromatic N) is 1. The Bertz CT molecular complexity index is 1300. The average molecular weight is 526 g/mol. The van der Waals surface area contributed by atoms with Crippen LogP contribution in [0.15, 0.2) is 89.6 Å². The van der Waals surface area contributed by atoms with Gasteiger partial charge >= 0.3 is 12.4 Å². The highest BCUT2D eigenvalue weighted by molar-refractivity contribution is 6.33. The second kappa shape index (κ2) is 10.9. The van der Waals surface area contributed by atoms with Crippen LogP contribution in [0.5, 0.6) is 0 Å². The van der Waals surface area contributed by atoms with Gasteiger partial charge in [0.25, 0.3) is 5.91 Å². The monoisotopic (exact) mass is 525 g/mol. The summed E-state index contributed by atoms with van der Waals surface area (Å²) in [5.74, 6) is -0.589. The molecule has 3 N–H and O–H groups in total. The predicted molar refractivity (Wildman–Crippen MR) is 125 cm³/mol. The van der Waals surface area contributed by atoms with E-state index in [-0.39, 0.29) is 39.7 Å². The Morgan fingerprint density at radius 3 is 2.17 bits per heavy atom. The normalized spacial score (nSPS) is 13.0. The van der Waals surface area contributed by atoms with Crippen LogP contribution in [0.2, 0.25) is 5.02 Å². The van der Waals surface area contributed by atoms with Gasteiger partial charge in [0.05, 0.1) is 22.0 Å². The molecular formula is C25H18ClF6N3O. The molecule has 36 heavy (non-hydrogen) atoms. The zero-order chi connectivity index (χ0) is 26.5. The molecule has 0 saturated carbocycles. The van der Waals surface area contributed by atoms with Crippen LogP contribution in [0.25, 0.3) is 0 Å². The number of carbonyl (C=O) groups excluding carboxylic acids is 1. The Morgan fingerprint density at radius 1 is 0.917 bits per heavy atom. The summed E-state index contributed by atoms with van der Waals surface area (Å²) in [7, 11) is 0. The third-order valence-corrected chi connectivity index (χ3v) is 5.18. The summed E-state index contributed by atoms with van der Waals surface area (Å²) in [6.07, 6.45) is -8.64. The van der Waals surface area contributed by atoms with Gasteiger partial charge in [-0.2, -0.15) is 26.3 Å². The van der Waals surface area contributed by atoms with Crippen molar-refractivity contribution in [1.29, 1.82) is 0 Å². The average Bonchev–Trinajstić information content (AvgIpc) is 2.82. The lowest BCUT2D eigenvalue weighted by Crippen LogP contribution is -2.23. The van der Waals surface area contributed by atoms with E-state index < -0.39 is 29.5 Å². The van der Waals surface area contributed by atoms with Gasteiger partial charge in [-0.1, -0.05) is 48.0 Å². The molecule has 0 saturated heterocycles. The number of allylic oxidation sites excluding steroid dienone is 2. The van der Waals surface area contributed by atoms with Crippen LogP contribution in [0.1, 0.15) is 27.0 Å². The maximum atomic E-state index is 13.0. The maximum absolute atomic E-state index is 13.0. The van der Waals surface area contributed by atoms with E-state index in [0.29, 0.717) is 6.08 Å². The highest BCUT2D eigenvalue weighted by Gasteiger charge is 2.32. The summed E-state index contributed by atoms with van der Waals surface area (Å²) < 4.78 is 77.7. The van der Waals surface area contributed by atoms with E-state index in [4.69, 9.17) is 17.3 Å². The first-order valence-corrected chi connectivity index (χ1v) is 10.6. The number of benzene rings is 3. The lowest BCUT2D eigenvalue weighted by Gasteiger charge is -2.11. The molecule has 4 nitrogen and oxygen atoms in total. The van der Waals surface area contributed by atoms with E-state index in [1.165, 1.54) is 48.5 Å². The smallest absolute Gasteiger partial charge is 0.395 e. The second-order valence-electron chi connectivity index (χ2n) is 7.50. The number of halogens is 7. The van der Waals surface area contributed by atoms with Crippen molar-refractivity contribution >= 4 is 28.9 Å². The molecule has 0 aliphatic carbocycles. The molecule has 0 heterocycles. The molecule has 0 aliphatic heterocycles. The maximum Gasteiger partial charge on any atom is 0.430 e. The van der Waals surface area contributed by atoms with E-state index in [0.717, 1.165) is 12.1 Å². The standard InChI is InChI=1S/C25H18ClF6N3O/c26-19-6-1-2-7-20(19)35-21(13-22(33)25(30,31)32)16-8-10-17(11-9-16)23(36)34-14-15-4-3-5-18(12-15)24(27,28)29/h1-13H,14,33H2,(H,34,36). The summed E-state index contributed by atoms with van der Waals surface area (Å²) in [6.45, 7) is -0.158. The van der Waals surface area contributed by atoms with Gasteiger partial charge < -0.3 is 11.1 Å². The van der Waals surface area contributed by atoms with Gasteiger partial charge in [-0.3, -0.25) is 4.79 Å².